The number of carboxylic acids is 1. The summed E-state index contributed by atoms with van der Waals surface area (Å²) in [5.74, 6) is -0.725. The molecule has 0 unspecified atom stereocenters. The number of hydrogen-bond acceptors (Lipinski definition) is 4. The third kappa shape index (κ3) is 6.91. The number of nitrogens with zero attached hydrogens (tertiary/aromatic N) is 3. The first-order valence-corrected chi connectivity index (χ1v) is 19.8. The molecule has 6 heteroatoms. The lowest BCUT2D eigenvalue weighted by Crippen LogP contribution is -2.28. The summed E-state index contributed by atoms with van der Waals surface area (Å²) in [5.41, 5.74) is 13.9. The van der Waals surface area contributed by atoms with Crippen molar-refractivity contribution in [1.82, 2.24) is 0 Å². The summed E-state index contributed by atoms with van der Waals surface area (Å²) in [4.78, 5) is 16.1. The van der Waals surface area contributed by atoms with Crippen LogP contribution in [-0.2, 0) is 21.0 Å². The van der Waals surface area contributed by atoms with E-state index in [9.17, 15) is 15.0 Å². The van der Waals surface area contributed by atoms with Crippen molar-refractivity contribution >= 4 is 28.7 Å². The lowest BCUT2D eigenvalue weighted by molar-refractivity contribution is -0.438. The Balaban J connectivity index is 1.33. The SMILES string of the molecule is CCN(CC)c1ccc2c(c1)C(C)(C)C(/C=C/C=C/C=C1/N(CCCCCC(=O)O)c3cc4c(cc3C1(C)C)C(C)(C)c1ccccc1-4)=[N+]2CCCO. The fourth-order valence-electron chi connectivity index (χ4n) is 9.10. The van der Waals surface area contributed by atoms with E-state index in [0.29, 0.717) is 12.8 Å². The highest BCUT2D eigenvalue weighted by Gasteiger charge is 2.45. The van der Waals surface area contributed by atoms with Crippen molar-refractivity contribution in [2.75, 3.05) is 42.6 Å². The smallest absolute Gasteiger partial charge is 0.303 e. The van der Waals surface area contributed by atoms with Gasteiger partial charge in [0.1, 0.15) is 0 Å². The Bertz CT molecular complexity index is 1990. The predicted molar refractivity (Wildman–Crippen MR) is 221 cm³/mol. The summed E-state index contributed by atoms with van der Waals surface area (Å²) in [5, 5.41) is 19.0. The number of carbonyl (C=O) groups is 1. The van der Waals surface area contributed by atoms with Gasteiger partial charge in [-0.05, 0) is 92.6 Å². The molecular weight excluding hydrogens is 655 g/mol. The van der Waals surface area contributed by atoms with Gasteiger partial charge in [-0.3, -0.25) is 4.79 Å². The largest absolute Gasteiger partial charge is 0.481 e. The van der Waals surface area contributed by atoms with Crippen molar-refractivity contribution in [3.05, 3.63) is 113 Å². The Morgan fingerprint density at radius 2 is 1.53 bits per heavy atom. The maximum atomic E-state index is 11.2. The minimum atomic E-state index is -0.725. The van der Waals surface area contributed by atoms with Crippen molar-refractivity contribution in [3.8, 4) is 11.1 Å². The molecule has 6 rings (SSSR count). The lowest BCUT2D eigenvalue weighted by Gasteiger charge is -2.27. The minimum Gasteiger partial charge on any atom is -0.481 e. The molecule has 53 heavy (non-hydrogen) atoms. The summed E-state index contributed by atoms with van der Waals surface area (Å²) in [7, 11) is 0. The Hall–Kier alpha value is -4.42. The predicted octanol–water partition coefficient (Wildman–Crippen LogP) is 10.0. The summed E-state index contributed by atoms with van der Waals surface area (Å²) in [6.45, 7) is 22.1. The highest BCUT2D eigenvalue weighted by atomic mass is 16.4. The molecule has 2 heterocycles. The second-order valence-electron chi connectivity index (χ2n) is 16.5. The average Bonchev–Trinajstić information content (AvgIpc) is 3.58. The van der Waals surface area contributed by atoms with Gasteiger partial charge in [0.05, 0.1) is 5.41 Å². The van der Waals surface area contributed by atoms with Crippen molar-refractivity contribution in [1.29, 1.82) is 0 Å². The van der Waals surface area contributed by atoms with Gasteiger partial charge < -0.3 is 20.0 Å². The number of aliphatic carboxylic acids is 1. The second kappa shape index (κ2) is 15.1. The van der Waals surface area contributed by atoms with Gasteiger partial charge in [-0.25, -0.2) is 0 Å². The van der Waals surface area contributed by atoms with Gasteiger partial charge >= 0.3 is 5.97 Å². The van der Waals surface area contributed by atoms with Crippen molar-refractivity contribution < 1.29 is 19.6 Å². The van der Waals surface area contributed by atoms with E-state index in [4.69, 9.17) is 0 Å². The molecule has 0 saturated heterocycles. The number of anilines is 2. The first-order chi connectivity index (χ1) is 25.3. The van der Waals surface area contributed by atoms with Gasteiger partial charge in [0.25, 0.3) is 0 Å². The molecule has 0 radical (unpaired) electrons. The molecular formula is C47H60N3O3+. The van der Waals surface area contributed by atoms with Crippen LogP contribution in [0.2, 0.25) is 0 Å². The van der Waals surface area contributed by atoms with Gasteiger partial charge in [0, 0.05) is 84.7 Å². The molecule has 3 aromatic rings. The van der Waals surface area contributed by atoms with Gasteiger partial charge in [-0.15, -0.1) is 0 Å². The van der Waals surface area contributed by atoms with Gasteiger partial charge in [-0.1, -0.05) is 82.7 Å². The molecule has 0 atom stereocenters. The highest BCUT2D eigenvalue weighted by Crippen LogP contribution is 2.56. The van der Waals surface area contributed by atoms with Crippen LogP contribution in [0.1, 0.15) is 110 Å². The van der Waals surface area contributed by atoms with Crippen LogP contribution in [0.4, 0.5) is 17.1 Å². The monoisotopic (exact) mass is 714 g/mol. The normalized spacial score (nSPS) is 18.3. The van der Waals surface area contributed by atoms with E-state index in [1.165, 1.54) is 61.9 Å². The van der Waals surface area contributed by atoms with E-state index < -0.39 is 5.97 Å². The number of aliphatic hydroxyl groups is 1. The Labute approximate surface area is 317 Å². The van der Waals surface area contributed by atoms with Crippen LogP contribution in [0.25, 0.3) is 11.1 Å². The van der Waals surface area contributed by atoms with Gasteiger partial charge in [0.2, 0.25) is 5.69 Å². The quantitative estimate of drug-likeness (QED) is 0.0932. The number of hydrogen-bond donors (Lipinski definition) is 2. The zero-order valence-electron chi connectivity index (χ0n) is 33.3. The Morgan fingerprint density at radius 1 is 0.774 bits per heavy atom. The highest BCUT2D eigenvalue weighted by molar-refractivity contribution is 6.03. The maximum Gasteiger partial charge on any atom is 0.303 e. The third-order valence-electron chi connectivity index (χ3n) is 12.1. The number of aliphatic hydroxyl groups excluding tert-OH is 1. The van der Waals surface area contributed by atoms with E-state index in [-0.39, 0.29) is 29.3 Å². The number of rotatable bonds is 15. The fraction of sp³-hybridized carbons (Fsp3) is 0.447. The van der Waals surface area contributed by atoms with Crippen molar-refractivity contribution in [2.24, 2.45) is 0 Å². The van der Waals surface area contributed by atoms with Crippen LogP contribution in [-0.4, -0.2) is 59.3 Å². The number of benzene rings is 3. The average molecular weight is 715 g/mol. The molecule has 3 aromatic carbocycles. The maximum absolute atomic E-state index is 11.2. The molecule has 2 N–H and O–H groups in total. The first kappa shape index (κ1) is 38.3. The molecule has 0 aromatic heterocycles. The number of carboxylic acid groups (broad SMARTS) is 1. The molecule has 6 nitrogen and oxygen atoms in total. The minimum absolute atomic E-state index is 0.0702. The second-order valence-corrected chi connectivity index (χ2v) is 16.5. The zero-order chi connectivity index (χ0) is 38.1. The summed E-state index contributed by atoms with van der Waals surface area (Å²) < 4.78 is 2.39. The lowest BCUT2D eigenvalue weighted by atomic mass is 9.78. The topological polar surface area (TPSA) is 67.0 Å². The van der Waals surface area contributed by atoms with E-state index in [1.807, 2.05) is 0 Å². The number of unbranched alkanes of at least 4 members (excludes halogenated alkanes) is 2. The fourth-order valence-corrected chi connectivity index (χ4v) is 9.10. The van der Waals surface area contributed by atoms with E-state index in [1.54, 1.807) is 0 Å². The summed E-state index contributed by atoms with van der Waals surface area (Å²) in [6.07, 6.45) is 14.4. The number of allylic oxidation sites excluding steroid dienone is 6. The molecule has 3 aliphatic rings. The van der Waals surface area contributed by atoms with Crippen LogP contribution < -0.4 is 9.80 Å². The molecule has 2 aliphatic heterocycles. The van der Waals surface area contributed by atoms with Gasteiger partial charge in [0.15, 0.2) is 12.3 Å². The standard InChI is InChI=1S/C47H59N3O3/c1-9-48(10-2)33-25-26-40-38(30-33)46(5,6)42(49(40)28-19-29-51)22-13-11-14-23-43-47(7,8)39-32-37-35(34-20-16-17-21-36(34)45(37,3)4)31-41(39)50(43)27-18-12-15-24-44(52)53/h11,13-14,16-17,20-23,25-26,30-32,51H,9-10,12,15,18-19,24,27-29H2,1-8H3/p+1. The van der Waals surface area contributed by atoms with Crippen LogP contribution >= 0.6 is 0 Å². The Kier molecular flexibility index (Phi) is 10.9. The molecule has 0 amide bonds. The van der Waals surface area contributed by atoms with Crippen LogP contribution in [0.3, 0.4) is 0 Å². The zero-order valence-corrected chi connectivity index (χ0v) is 33.3. The number of fused-ring (bicyclic) bond motifs is 5. The molecule has 0 spiro atoms. The van der Waals surface area contributed by atoms with Crippen LogP contribution in [0.5, 0.6) is 0 Å². The van der Waals surface area contributed by atoms with Crippen LogP contribution in [0.15, 0.2) is 90.7 Å². The van der Waals surface area contributed by atoms with Crippen molar-refractivity contribution in [2.45, 2.75) is 104 Å². The van der Waals surface area contributed by atoms with E-state index in [0.717, 1.165) is 39.0 Å². The molecule has 280 valence electrons. The third-order valence-corrected chi connectivity index (χ3v) is 12.1. The summed E-state index contributed by atoms with van der Waals surface area (Å²) in [6, 6.07) is 20.6. The summed E-state index contributed by atoms with van der Waals surface area (Å²) >= 11 is 0. The van der Waals surface area contributed by atoms with E-state index >= 15 is 0 Å². The molecule has 1 aliphatic carbocycles. The molecule has 0 saturated carbocycles. The van der Waals surface area contributed by atoms with Crippen LogP contribution in [0, 0.1) is 0 Å². The van der Waals surface area contributed by atoms with Gasteiger partial charge in [-0.2, -0.15) is 4.58 Å². The van der Waals surface area contributed by atoms with Crippen molar-refractivity contribution in [3.63, 3.8) is 0 Å². The molecule has 0 fully saturated rings. The first-order valence-electron chi connectivity index (χ1n) is 19.8. The van der Waals surface area contributed by atoms with E-state index in [2.05, 4.69) is 155 Å². The Morgan fingerprint density at radius 3 is 2.25 bits per heavy atom. The molecule has 0 bridgehead atoms.